The van der Waals surface area contributed by atoms with Crippen LogP contribution in [0, 0.1) is 0 Å². The van der Waals surface area contributed by atoms with Crippen LogP contribution in [0.25, 0.3) is 33.3 Å². The number of carbonyl (C=O) groups is 1. The second kappa shape index (κ2) is 6.72. The summed E-state index contributed by atoms with van der Waals surface area (Å²) in [5.41, 5.74) is 5.25. The minimum atomic E-state index is -0.163. The van der Waals surface area contributed by atoms with E-state index in [1.165, 1.54) is 0 Å². The van der Waals surface area contributed by atoms with Crippen molar-refractivity contribution in [3.8, 4) is 22.3 Å². The molecule has 5 nitrogen and oxygen atoms in total. The summed E-state index contributed by atoms with van der Waals surface area (Å²) in [7, 11) is 1.60. The number of fused-ring (bicyclic) bond motifs is 1. The SMILES string of the molecule is CNC(=O)c1cncc(-c2cnc3[nH]cc(-c4ccccc4Br)c3c2)c1. The van der Waals surface area contributed by atoms with Gasteiger partial charge in [-0.3, -0.25) is 9.78 Å². The van der Waals surface area contributed by atoms with Gasteiger partial charge < -0.3 is 10.3 Å². The topological polar surface area (TPSA) is 70.7 Å². The smallest absolute Gasteiger partial charge is 0.252 e. The molecule has 3 heterocycles. The number of hydrogen-bond donors (Lipinski definition) is 2. The van der Waals surface area contributed by atoms with Gasteiger partial charge in [0.2, 0.25) is 0 Å². The molecule has 26 heavy (non-hydrogen) atoms. The number of rotatable bonds is 3. The Morgan fingerprint density at radius 1 is 1.08 bits per heavy atom. The third kappa shape index (κ3) is 2.88. The van der Waals surface area contributed by atoms with Crippen molar-refractivity contribution in [1.82, 2.24) is 20.3 Å². The zero-order chi connectivity index (χ0) is 18.1. The molecule has 0 saturated heterocycles. The van der Waals surface area contributed by atoms with Gasteiger partial charge in [0.25, 0.3) is 5.91 Å². The minimum Gasteiger partial charge on any atom is -0.355 e. The van der Waals surface area contributed by atoms with E-state index in [1.54, 1.807) is 25.6 Å². The van der Waals surface area contributed by atoms with Crippen LogP contribution in [0.3, 0.4) is 0 Å². The third-order valence-electron chi connectivity index (χ3n) is 4.26. The predicted octanol–water partition coefficient (Wildman–Crippen LogP) is 4.41. The van der Waals surface area contributed by atoms with Gasteiger partial charge in [0.05, 0.1) is 5.56 Å². The molecule has 1 amide bonds. The summed E-state index contributed by atoms with van der Waals surface area (Å²) >= 11 is 3.61. The van der Waals surface area contributed by atoms with Crippen molar-refractivity contribution >= 4 is 32.9 Å². The van der Waals surface area contributed by atoms with Gasteiger partial charge >= 0.3 is 0 Å². The maximum Gasteiger partial charge on any atom is 0.252 e. The molecule has 0 fully saturated rings. The highest BCUT2D eigenvalue weighted by molar-refractivity contribution is 9.10. The van der Waals surface area contributed by atoms with E-state index in [4.69, 9.17) is 0 Å². The molecule has 0 radical (unpaired) electrons. The highest BCUT2D eigenvalue weighted by Gasteiger charge is 2.12. The second-order valence-corrected chi connectivity index (χ2v) is 6.70. The zero-order valence-electron chi connectivity index (χ0n) is 14.0. The second-order valence-electron chi connectivity index (χ2n) is 5.84. The van der Waals surface area contributed by atoms with Crippen LogP contribution in [-0.2, 0) is 0 Å². The zero-order valence-corrected chi connectivity index (χ0v) is 15.5. The molecule has 3 aromatic heterocycles. The highest BCUT2D eigenvalue weighted by Crippen LogP contribution is 2.34. The van der Waals surface area contributed by atoms with Crippen LogP contribution in [-0.4, -0.2) is 27.9 Å². The molecule has 0 saturated carbocycles. The average Bonchev–Trinajstić information content (AvgIpc) is 3.11. The number of hydrogen-bond acceptors (Lipinski definition) is 3. The van der Waals surface area contributed by atoms with Crippen molar-refractivity contribution in [1.29, 1.82) is 0 Å². The van der Waals surface area contributed by atoms with Crippen LogP contribution in [0.15, 0.2) is 65.7 Å². The number of halogens is 1. The van der Waals surface area contributed by atoms with Crippen molar-refractivity contribution in [3.05, 3.63) is 71.2 Å². The van der Waals surface area contributed by atoms with Gasteiger partial charge in [0.15, 0.2) is 0 Å². The molecule has 1 aromatic carbocycles. The number of carbonyl (C=O) groups excluding carboxylic acids is 1. The van der Waals surface area contributed by atoms with E-state index in [0.29, 0.717) is 5.56 Å². The van der Waals surface area contributed by atoms with Crippen molar-refractivity contribution in [2.24, 2.45) is 0 Å². The standard InChI is InChI=1S/C20H15BrN4O/c1-22-20(26)14-6-12(8-23-9-14)13-7-16-17(11-25-19(16)24-10-13)15-4-2-3-5-18(15)21/h2-11H,1H3,(H,22,26)(H,24,25). The molecule has 4 rings (SSSR count). The Kier molecular flexibility index (Phi) is 4.26. The van der Waals surface area contributed by atoms with Crippen LogP contribution in [0.5, 0.6) is 0 Å². The van der Waals surface area contributed by atoms with E-state index < -0.39 is 0 Å². The van der Waals surface area contributed by atoms with Crippen molar-refractivity contribution in [3.63, 3.8) is 0 Å². The first-order chi connectivity index (χ1) is 12.7. The Bertz CT molecular complexity index is 1120. The summed E-state index contributed by atoms with van der Waals surface area (Å²) in [5, 5.41) is 3.63. The molecule has 128 valence electrons. The van der Waals surface area contributed by atoms with Crippen LogP contribution in [0.1, 0.15) is 10.4 Å². The summed E-state index contributed by atoms with van der Waals surface area (Å²) in [5.74, 6) is -0.163. The summed E-state index contributed by atoms with van der Waals surface area (Å²) < 4.78 is 1.02. The fraction of sp³-hybridized carbons (Fsp3) is 0.0500. The van der Waals surface area contributed by atoms with E-state index in [2.05, 4.69) is 48.3 Å². The third-order valence-corrected chi connectivity index (χ3v) is 4.95. The molecule has 0 atom stereocenters. The Balaban J connectivity index is 1.85. The Morgan fingerprint density at radius 3 is 2.69 bits per heavy atom. The summed E-state index contributed by atoms with van der Waals surface area (Å²) in [6, 6.07) is 12.0. The minimum absolute atomic E-state index is 0.163. The number of pyridine rings is 2. The quantitative estimate of drug-likeness (QED) is 0.529. The van der Waals surface area contributed by atoms with E-state index in [-0.39, 0.29) is 5.91 Å². The van der Waals surface area contributed by atoms with Crippen molar-refractivity contribution in [2.75, 3.05) is 7.05 Å². The van der Waals surface area contributed by atoms with Crippen LogP contribution >= 0.6 is 15.9 Å². The monoisotopic (exact) mass is 406 g/mol. The van der Waals surface area contributed by atoms with Gasteiger partial charge in [0.1, 0.15) is 5.65 Å². The molecule has 0 aliphatic rings. The van der Waals surface area contributed by atoms with Gasteiger partial charge in [-0.15, -0.1) is 0 Å². The fourth-order valence-electron chi connectivity index (χ4n) is 2.93. The first-order valence-electron chi connectivity index (χ1n) is 8.07. The van der Waals surface area contributed by atoms with E-state index >= 15 is 0 Å². The van der Waals surface area contributed by atoms with E-state index in [1.807, 2.05) is 30.5 Å². The summed E-state index contributed by atoms with van der Waals surface area (Å²) in [6.45, 7) is 0. The predicted molar refractivity (Wildman–Crippen MR) is 106 cm³/mol. The molecule has 0 aliphatic carbocycles. The van der Waals surface area contributed by atoms with Gasteiger partial charge in [-0.1, -0.05) is 34.1 Å². The highest BCUT2D eigenvalue weighted by atomic mass is 79.9. The number of H-pyrrole nitrogens is 1. The van der Waals surface area contributed by atoms with Gasteiger partial charge in [-0.25, -0.2) is 4.98 Å². The Morgan fingerprint density at radius 2 is 1.88 bits per heavy atom. The van der Waals surface area contributed by atoms with Crippen LogP contribution in [0.4, 0.5) is 0 Å². The fourth-order valence-corrected chi connectivity index (χ4v) is 3.43. The molecule has 0 spiro atoms. The van der Waals surface area contributed by atoms with E-state index in [0.717, 1.165) is 37.8 Å². The lowest BCUT2D eigenvalue weighted by Crippen LogP contribution is -2.17. The number of nitrogens with zero attached hydrogens (tertiary/aromatic N) is 2. The first-order valence-corrected chi connectivity index (χ1v) is 8.86. The van der Waals surface area contributed by atoms with Gasteiger partial charge in [-0.2, -0.15) is 0 Å². The van der Waals surface area contributed by atoms with Crippen LogP contribution < -0.4 is 5.32 Å². The average molecular weight is 407 g/mol. The Labute approximate surface area is 158 Å². The van der Waals surface area contributed by atoms with E-state index in [9.17, 15) is 4.79 Å². The molecular formula is C20H15BrN4O. The number of nitrogens with one attached hydrogen (secondary N) is 2. The molecule has 0 unspecified atom stereocenters. The molecule has 0 bridgehead atoms. The number of amides is 1. The molecule has 4 aromatic rings. The largest absolute Gasteiger partial charge is 0.355 e. The number of benzene rings is 1. The van der Waals surface area contributed by atoms with Crippen molar-refractivity contribution in [2.45, 2.75) is 0 Å². The van der Waals surface area contributed by atoms with Gasteiger partial charge in [-0.05, 0) is 23.8 Å². The maximum atomic E-state index is 11.9. The van der Waals surface area contributed by atoms with Crippen LogP contribution in [0.2, 0.25) is 0 Å². The summed E-state index contributed by atoms with van der Waals surface area (Å²) in [4.78, 5) is 23.8. The lowest BCUT2D eigenvalue weighted by molar-refractivity contribution is 0.0963. The first kappa shape index (κ1) is 16.5. The van der Waals surface area contributed by atoms with Crippen molar-refractivity contribution < 1.29 is 4.79 Å². The summed E-state index contributed by atoms with van der Waals surface area (Å²) in [6.07, 6.45) is 7.03. The molecule has 0 aliphatic heterocycles. The normalized spacial score (nSPS) is 10.8. The Hall–Kier alpha value is -2.99. The molecule has 2 N–H and O–H groups in total. The van der Waals surface area contributed by atoms with Gasteiger partial charge in [0, 0.05) is 58.4 Å². The number of aromatic nitrogens is 3. The lowest BCUT2D eigenvalue weighted by atomic mass is 10.0. The maximum absolute atomic E-state index is 11.9. The molecular weight excluding hydrogens is 392 g/mol. The number of aromatic amines is 1. The lowest BCUT2D eigenvalue weighted by Gasteiger charge is -2.06. The molecule has 6 heteroatoms.